The molecular formula is C11H22N2O2. The second-order valence-corrected chi connectivity index (χ2v) is 4.45. The van der Waals surface area contributed by atoms with Crippen LogP contribution in [0.25, 0.3) is 0 Å². The fraction of sp³-hybridized carbons (Fsp3) is 0.909. The average molecular weight is 214 g/mol. The lowest BCUT2D eigenvalue weighted by atomic mass is 10.1. The second-order valence-electron chi connectivity index (χ2n) is 4.45. The van der Waals surface area contributed by atoms with Crippen molar-refractivity contribution < 1.29 is 9.53 Å². The number of rotatable bonds is 7. The molecule has 1 fully saturated rings. The van der Waals surface area contributed by atoms with Crippen LogP contribution in [-0.2, 0) is 9.53 Å². The second kappa shape index (κ2) is 6.08. The zero-order valence-corrected chi connectivity index (χ0v) is 9.66. The number of hydrogen-bond acceptors (Lipinski definition) is 3. The van der Waals surface area contributed by atoms with Crippen LogP contribution in [0.2, 0.25) is 0 Å². The summed E-state index contributed by atoms with van der Waals surface area (Å²) in [5.74, 6) is 0.883. The normalized spacial score (nSPS) is 19.7. The monoisotopic (exact) mass is 214 g/mol. The topological polar surface area (TPSA) is 64.3 Å². The van der Waals surface area contributed by atoms with Gasteiger partial charge >= 0.3 is 0 Å². The molecule has 2 unspecified atom stereocenters. The Morgan fingerprint density at radius 1 is 1.60 bits per heavy atom. The predicted octanol–water partition coefficient (Wildman–Crippen LogP) is 0.655. The van der Waals surface area contributed by atoms with Gasteiger partial charge in [0.1, 0.15) is 0 Å². The third kappa shape index (κ3) is 5.14. The Labute approximate surface area is 91.5 Å². The van der Waals surface area contributed by atoms with E-state index in [1.54, 1.807) is 7.11 Å². The first-order valence-corrected chi connectivity index (χ1v) is 5.68. The molecule has 1 saturated carbocycles. The van der Waals surface area contributed by atoms with Crippen molar-refractivity contribution >= 4 is 5.91 Å². The lowest BCUT2D eigenvalue weighted by Gasteiger charge is -2.16. The summed E-state index contributed by atoms with van der Waals surface area (Å²) in [5, 5.41) is 2.98. The van der Waals surface area contributed by atoms with E-state index < -0.39 is 0 Å². The van der Waals surface area contributed by atoms with E-state index in [-0.39, 0.29) is 18.1 Å². The summed E-state index contributed by atoms with van der Waals surface area (Å²) in [6.45, 7) is 2.45. The van der Waals surface area contributed by atoms with Crippen LogP contribution >= 0.6 is 0 Å². The molecule has 2 atom stereocenters. The molecule has 0 heterocycles. The summed E-state index contributed by atoms with van der Waals surface area (Å²) in [6, 6.07) is 0.278. The van der Waals surface area contributed by atoms with Gasteiger partial charge in [-0.25, -0.2) is 0 Å². The Morgan fingerprint density at radius 3 is 2.73 bits per heavy atom. The molecule has 4 heteroatoms. The molecule has 1 aliphatic carbocycles. The van der Waals surface area contributed by atoms with Crippen LogP contribution in [0.1, 0.15) is 32.6 Å². The summed E-state index contributed by atoms with van der Waals surface area (Å²) in [4.78, 5) is 11.5. The van der Waals surface area contributed by atoms with Gasteiger partial charge in [0, 0.05) is 19.7 Å². The summed E-state index contributed by atoms with van der Waals surface area (Å²) in [5.41, 5.74) is 5.45. The van der Waals surface area contributed by atoms with E-state index in [1.165, 1.54) is 12.8 Å². The quantitative estimate of drug-likeness (QED) is 0.654. The summed E-state index contributed by atoms with van der Waals surface area (Å²) < 4.78 is 5.06. The smallest absolute Gasteiger partial charge is 0.222 e. The molecule has 0 aromatic carbocycles. The highest BCUT2D eigenvalue weighted by Gasteiger charge is 2.24. The van der Waals surface area contributed by atoms with Crippen LogP contribution in [0.5, 0.6) is 0 Å². The highest BCUT2D eigenvalue weighted by Crippen LogP contribution is 2.33. The molecule has 0 aromatic heterocycles. The molecule has 88 valence electrons. The first-order chi connectivity index (χ1) is 7.15. The summed E-state index contributed by atoms with van der Waals surface area (Å²) in [7, 11) is 1.58. The molecule has 1 rings (SSSR count). The first kappa shape index (κ1) is 12.5. The van der Waals surface area contributed by atoms with E-state index in [9.17, 15) is 4.79 Å². The highest BCUT2D eigenvalue weighted by atomic mass is 16.5. The summed E-state index contributed by atoms with van der Waals surface area (Å²) >= 11 is 0. The van der Waals surface area contributed by atoms with Gasteiger partial charge in [-0.1, -0.05) is 12.8 Å². The van der Waals surface area contributed by atoms with Crippen LogP contribution in [0.3, 0.4) is 0 Å². The van der Waals surface area contributed by atoms with Gasteiger partial charge in [0.2, 0.25) is 5.91 Å². The third-order valence-electron chi connectivity index (χ3n) is 2.80. The lowest BCUT2D eigenvalue weighted by molar-refractivity contribution is -0.124. The Balaban J connectivity index is 2.15. The zero-order valence-electron chi connectivity index (χ0n) is 9.66. The van der Waals surface area contributed by atoms with E-state index >= 15 is 0 Å². The Hall–Kier alpha value is -0.610. The Kier molecular flexibility index (Phi) is 5.05. The van der Waals surface area contributed by atoms with E-state index in [0.717, 1.165) is 12.3 Å². The molecule has 0 saturated heterocycles. The number of ether oxygens (including phenoxy) is 1. The maximum Gasteiger partial charge on any atom is 0.222 e. The van der Waals surface area contributed by atoms with Crippen LogP contribution in [-0.4, -0.2) is 31.7 Å². The molecule has 0 radical (unpaired) electrons. The maximum absolute atomic E-state index is 11.5. The van der Waals surface area contributed by atoms with Gasteiger partial charge in [-0.3, -0.25) is 4.79 Å². The van der Waals surface area contributed by atoms with Gasteiger partial charge in [-0.2, -0.15) is 0 Å². The van der Waals surface area contributed by atoms with E-state index in [2.05, 4.69) is 12.2 Å². The fourth-order valence-electron chi connectivity index (χ4n) is 1.72. The number of carbonyl (C=O) groups excluding carboxylic acids is 1. The molecular weight excluding hydrogens is 192 g/mol. The molecule has 0 aliphatic heterocycles. The standard InChI is InChI=1S/C11H22N2O2/c1-8(5-9-3-4-9)13-11(14)6-10(7-12)15-2/h8-10H,3-7,12H2,1-2H3,(H,13,14). The molecule has 1 aliphatic rings. The molecule has 4 nitrogen and oxygen atoms in total. The fourth-order valence-corrected chi connectivity index (χ4v) is 1.72. The van der Waals surface area contributed by atoms with Crippen molar-refractivity contribution in [2.45, 2.75) is 44.8 Å². The van der Waals surface area contributed by atoms with Crippen LogP contribution in [0, 0.1) is 5.92 Å². The molecule has 15 heavy (non-hydrogen) atoms. The maximum atomic E-state index is 11.5. The number of carbonyl (C=O) groups is 1. The van der Waals surface area contributed by atoms with Crippen molar-refractivity contribution in [1.82, 2.24) is 5.32 Å². The zero-order chi connectivity index (χ0) is 11.3. The van der Waals surface area contributed by atoms with Crippen LogP contribution in [0.4, 0.5) is 0 Å². The van der Waals surface area contributed by atoms with Crippen LogP contribution < -0.4 is 11.1 Å². The molecule has 0 bridgehead atoms. The van der Waals surface area contributed by atoms with Crippen molar-refractivity contribution in [3.05, 3.63) is 0 Å². The molecule has 1 amide bonds. The molecule has 3 N–H and O–H groups in total. The average Bonchev–Trinajstić information content (AvgIpc) is 2.97. The minimum Gasteiger partial charge on any atom is -0.380 e. The van der Waals surface area contributed by atoms with Gasteiger partial charge < -0.3 is 15.8 Å². The van der Waals surface area contributed by atoms with Crippen LogP contribution in [0.15, 0.2) is 0 Å². The van der Waals surface area contributed by atoms with Gasteiger partial charge in [0.25, 0.3) is 0 Å². The minimum absolute atomic E-state index is 0.0421. The largest absolute Gasteiger partial charge is 0.380 e. The number of nitrogens with one attached hydrogen (secondary N) is 1. The Morgan fingerprint density at radius 2 is 2.27 bits per heavy atom. The van der Waals surface area contributed by atoms with Gasteiger partial charge in [-0.05, 0) is 19.3 Å². The first-order valence-electron chi connectivity index (χ1n) is 5.68. The molecule has 0 spiro atoms. The number of methoxy groups -OCH3 is 1. The molecule has 0 aromatic rings. The van der Waals surface area contributed by atoms with Crippen molar-refractivity contribution in [2.24, 2.45) is 11.7 Å². The van der Waals surface area contributed by atoms with Crippen molar-refractivity contribution in [1.29, 1.82) is 0 Å². The van der Waals surface area contributed by atoms with Crippen molar-refractivity contribution in [3.63, 3.8) is 0 Å². The number of hydrogen-bond donors (Lipinski definition) is 2. The number of amides is 1. The van der Waals surface area contributed by atoms with Gasteiger partial charge in [-0.15, -0.1) is 0 Å². The van der Waals surface area contributed by atoms with E-state index in [4.69, 9.17) is 10.5 Å². The van der Waals surface area contributed by atoms with Gasteiger partial charge in [0.05, 0.1) is 12.5 Å². The number of nitrogens with two attached hydrogens (primary N) is 1. The third-order valence-corrected chi connectivity index (χ3v) is 2.80. The SMILES string of the molecule is COC(CN)CC(=O)NC(C)CC1CC1. The van der Waals surface area contributed by atoms with Crippen molar-refractivity contribution in [2.75, 3.05) is 13.7 Å². The van der Waals surface area contributed by atoms with E-state index in [1.807, 2.05) is 0 Å². The highest BCUT2D eigenvalue weighted by molar-refractivity contribution is 5.76. The van der Waals surface area contributed by atoms with E-state index in [0.29, 0.717) is 13.0 Å². The van der Waals surface area contributed by atoms with Gasteiger partial charge in [0.15, 0.2) is 0 Å². The Bertz CT molecular complexity index is 201. The lowest BCUT2D eigenvalue weighted by Crippen LogP contribution is -2.37. The summed E-state index contributed by atoms with van der Waals surface area (Å²) in [6.07, 6.45) is 3.96. The minimum atomic E-state index is -0.155. The van der Waals surface area contributed by atoms with Crippen molar-refractivity contribution in [3.8, 4) is 0 Å². The predicted molar refractivity (Wildman–Crippen MR) is 59.4 cm³/mol.